The van der Waals surface area contributed by atoms with E-state index in [1.807, 2.05) is 12.5 Å². The number of likely N-dealkylation sites (tertiary alicyclic amines) is 1. The maximum atomic E-state index is 9.98. The highest BCUT2D eigenvalue weighted by molar-refractivity contribution is 7.98. The molecule has 4 aromatic heterocycles. The zero-order valence-corrected chi connectivity index (χ0v) is 22.6. The molecule has 11 heteroatoms. The highest BCUT2D eigenvalue weighted by Crippen LogP contribution is 2.55. The first-order valence-electron chi connectivity index (χ1n) is 12.8. The van der Waals surface area contributed by atoms with Crippen LogP contribution in [0.15, 0.2) is 15.7 Å². The lowest BCUT2D eigenvalue weighted by Gasteiger charge is -2.39. The van der Waals surface area contributed by atoms with Crippen molar-refractivity contribution in [2.75, 3.05) is 32.1 Å². The molecule has 1 saturated heterocycles. The van der Waals surface area contributed by atoms with Gasteiger partial charge in [0.15, 0.2) is 22.9 Å². The number of thioether (sulfide) groups is 1. The molecular formula is C26H28N8OS2. The molecule has 2 N–H and O–H groups in total. The van der Waals surface area contributed by atoms with E-state index in [2.05, 4.69) is 27.9 Å². The number of nitrogens with two attached hydrogens (primary N) is 1. The molecule has 1 aliphatic heterocycles. The van der Waals surface area contributed by atoms with Crippen molar-refractivity contribution in [3.8, 4) is 17.6 Å². The summed E-state index contributed by atoms with van der Waals surface area (Å²) in [6.07, 6.45) is 10.7. The summed E-state index contributed by atoms with van der Waals surface area (Å²) in [6, 6.07) is 2.69. The van der Waals surface area contributed by atoms with Crippen molar-refractivity contribution < 1.29 is 4.52 Å². The molecule has 0 aromatic carbocycles. The van der Waals surface area contributed by atoms with Crippen molar-refractivity contribution in [3.63, 3.8) is 0 Å². The number of aromatic nitrogens is 5. The molecule has 7 rings (SSSR count). The number of thiophene rings is 1. The van der Waals surface area contributed by atoms with E-state index in [4.69, 9.17) is 25.3 Å². The molecule has 4 aromatic rings. The number of anilines is 1. The summed E-state index contributed by atoms with van der Waals surface area (Å²) in [5, 5.41) is 21.8. The number of hydrogen-bond acceptors (Lipinski definition) is 10. The van der Waals surface area contributed by atoms with Crippen molar-refractivity contribution >= 4 is 39.1 Å². The van der Waals surface area contributed by atoms with Crippen molar-refractivity contribution in [3.05, 3.63) is 33.5 Å². The lowest BCUT2D eigenvalue weighted by atomic mass is 9.63. The zero-order chi connectivity index (χ0) is 25.3. The fraction of sp³-hybridized carbons (Fsp3) is 0.500. The molecule has 1 spiro atoms. The minimum absolute atomic E-state index is 0.295. The van der Waals surface area contributed by atoms with Crippen LogP contribution in [0.3, 0.4) is 0 Å². The van der Waals surface area contributed by atoms with Crippen LogP contribution in [-0.2, 0) is 18.3 Å². The van der Waals surface area contributed by atoms with E-state index in [-0.39, 0.29) is 5.41 Å². The molecule has 37 heavy (non-hydrogen) atoms. The predicted octanol–water partition coefficient (Wildman–Crippen LogP) is 4.55. The quantitative estimate of drug-likeness (QED) is 0.299. The van der Waals surface area contributed by atoms with Crippen LogP contribution in [0, 0.1) is 11.3 Å². The summed E-state index contributed by atoms with van der Waals surface area (Å²) in [5.74, 6) is 1.47. The predicted molar refractivity (Wildman–Crippen MR) is 144 cm³/mol. The number of likely N-dealkylation sites (N-methyl/N-ethyl adjacent to an activating group) is 1. The topological polar surface area (TPSA) is 123 Å². The van der Waals surface area contributed by atoms with Crippen molar-refractivity contribution in [2.45, 2.75) is 61.4 Å². The van der Waals surface area contributed by atoms with Gasteiger partial charge in [-0.15, -0.1) is 23.1 Å². The Morgan fingerprint density at radius 2 is 2.11 bits per heavy atom. The highest BCUT2D eigenvalue weighted by Gasteiger charge is 2.48. The molecule has 0 unspecified atom stereocenters. The number of fused-ring (bicyclic) bond motifs is 5. The van der Waals surface area contributed by atoms with Gasteiger partial charge in [0.25, 0.3) is 0 Å². The molecule has 0 bridgehead atoms. The SMILES string of the molecule is CSc1nc(-c2noc3c2CCC[C@@]32CCCc3sc(N)c(C#N)c32)nc2c1cnn2[C@H]1CCN(C)C1. The van der Waals surface area contributed by atoms with Gasteiger partial charge in [-0.25, -0.2) is 14.6 Å². The first-order valence-corrected chi connectivity index (χ1v) is 14.9. The van der Waals surface area contributed by atoms with Crippen molar-refractivity contribution in [1.29, 1.82) is 5.26 Å². The second-order valence-corrected chi connectivity index (χ2v) is 12.4. The average molecular weight is 533 g/mol. The van der Waals surface area contributed by atoms with Crippen molar-refractivity contribution in [1.82, 2.24) is 29.8 Å². The maximum absolute atomic E-state index is 9.98. The van der Waals surface area contributed by atoms with E-state index in [0.717, 1.165) is 96.7 Å². The monoisotopic (exact) mass is 532 g/mol. The van der Waals surface area contributed by atoms with Gasteiger partial charge in [-0.2, -0.15) is 10.4 Å². The van der Waals surface area contributed by atoms with Gasteiger partial charge >= 0.3 is 0 Å². The Kier molecular flexibility index (Phi) is 5.36. The fourth-order valence-electron chi connectivity index (χ4n) is 6.76. The van der Waals surface area contributed by atoms with Crippen LogP contribution in [0.1, 0.15) is 65.5 Å². The summed E-state index contributed by atoms with van der Waals surface area (Å²) in [6.45, 7) is 2.01. The van der Waals surface area contributed by atoms with Gasteiger partial charge in [0.2, 0.25) is 0 Å². The number of aryl methyl sites for hydroxylation is 1. The summed E-state index contributed by atoms with van der Waals surface area (Å²) in [4.78, 5) is 13.5. The summed E-state index contributed by atoms with van der Waals surface area (Å²) >= 11 is 3.16. The minimum atomic E-state index is -0.353. The van der Waals surface area contributed by atoms with Crippen LogP contribution >= 0.6 is 23.1 Å². The Morgan fingerprint density at radius 3 is 2.86 bits per heavy atom. The molecule has 2 atom stereocenters. The van der Waals surface area contributed by atoms with Gasteiger partial charge in [-0.3, -0.25) is 0 Å². The zero-order valence-electron chi connectivity index (χ0n) is 21.0. The molecule has 1 fully saturated rings. The third-order valence-corrected chi connectivity index (χ3v) is 10.2. The standard InChI is InChI=1S/C26H28N8OS2/c1-33-10-7-14(13-33)34-24-17(12-29-34)25(36-2)31-23(30-24)20-15-5-3-8-26(21(15)35-32-20)9-4-6-18-19(26)16(11-27)22(28)37-18/h12,14H,3-10,13,28H2,1-2H3/t14-,26-/m0/s1. The Labute approximate surface area is 223 Å². The lowest BCUT2D eigenvalue weighted by molar-refractivity contribution is 0.265. The molecule has 2 aliphatic carbocycles. The van der Waals surface area contributed by atoms with Gasteiger partial charge in [0.1, 0.15) is 16.1 Å². The van der Waals surface area contributed by atoms with Gasteiger partial charge in [0, 0.05) is 23.5 Å². The van der Waals surface area contributed by atoms with Gasteiger partial charge in [0.05, 0.1) is 28.6 Å². The maximum Gasteiger partial charge on any atom is 0.185 e. The molecule has 3 aliphatic rings. The van der Waals surface area contributed by atoms with Crippen LogP contribution in [-0.4, -0.2) is 56.2 Å². The summed E-state index contributed by atoms with van der Waals surface area (Å²) in [7, 11) is 2.15. The van der Waals surface area contributed by atoms with Gasteiger partial charge in [-0.1, -0.05) is 5.16 Å². The van der Waals surface area contributed by atoms with Gasteiger partial charge in [-0.05, 0) is 63.8 Å². The smallest absolute Gasteiger partial charge is 0.185 e. The highest BCUT2D eigenvalue weighted by atomic mass is 32.2. The molecule has 0 radical (unpaired) electrons. The Morgan fingerprint density at radius 1 is 1.27 bits per heavy atom. The molecule has 5 heterocycles. The Balaban J connectivity index is 1.39. The molecule has 9 nitrogen and oxygen atoms in total. The number of nitrogen functional groups attached to an aromatic ring is 1. The largest absolute Gasteiger partial charge is 0.389 e. The fourth-order valence-corrected chi connectivity index (χ4v) is 8.46. The van der Waals surface area contributed by atoms with Crippen molar-refractivity contribution in [2.24, 2.45) is 0 Å². The van der Waals surface area contributed by atoms with E-state index in [0.29, 0.717) is 22.4 Å². The van der Waals surface area contributed by atoms with Crippen LogP contribution in [0.5, 0.6) is 0 Å². The van der Waals surface area contributed by atoms with E-state index in [1.54, 1.807) is 23.1 Å². The van der Waals surface area contributed by atoms with Crippen LogP contribution in [0.25, 0.3) is 22.6 Å². The number of nitrogens with zero attached hydrogens (tertiary/aromatic N) is 7. The minimum Gasteiger partial charge on any atom is -0.389 e. The van der Waals surface area contributed by atoms with Crippen LogP contribution < -0.4 is 5.73 Å². The molecular weight excluding hydrogens is 504 g/mol. The number of hydrogen-bond donors (Lipinski definition) is 1. The van der Waals surface area contributed by atoms with Crippen LogP contribution in [0.2, 0.25) is 0 Å². The first kappa shape index (κ1) is 23.2. The van der Waals surface area contributed by atoms with E-state index in [1.165, 1.54) is 4.88 Å². The number of nitriles is 1. The normalized spacial score (nSPS) is 23.4. The summed E-state index contributed by atoms with van der Waals surface area (Å²) in [5.41, 5.74) is 10.3. The average Bonchev–Trinajstić information content (AvgIpc) is 3.68. The Bertz CT molecular complexity index is 1580. The van der Waals surface area contributed by atoms with E-state index < -0.39 is 0 Å². The first-order chi connectivity index (χ1) is 18.0. The third kappa shape index (κ3) is 3.32. The molecule has 0 amide bonds. The molecule has 190 valence electrons. The second kappa shape index (κ2) is 8.55. The van der Waals surface area contributed by atoms with E-state index in [9.17, 15) is 5.26 Å². The second-order valence-electron chi connectivity index (χ2n) is 10.5. The lowest BCUT2D eigenvalue weighted by Crippen LogP contribution is -2.35. The van der Waals surface area contributed by atoms with Gasteiger partial charge < -0.3 is 15.2 Å². The number of rotatable bonds is 3. The third-order valence-electron chi connectivity index (χ3n) is 8.40. The summed E-state index contributed by atoms with van der Waals surface area (Å²) < 4.78 is 8.27. The van der Waals surface area contributed by atoms with E-state index >= 15 is 0 Å². The molecule has 0 saturated carbocycles. The Hall–Kier alpha value is -2.94. The van der Waals surface area contributed by atoms with Crippen LogP contribution in [0.4, 0.5) is 5.00 Å².